The number of rotatable bonds is 2. The van der Waals surface area contributed by atoms with Crippen molar-refractivity contribution < 1.29 is 4.43 Å². The zero-order chi connectivity index (χ0) is 16.2. The molecule has 23 heavy (non-hydrogen) atoms. The van der Waals surface area contributed by atoms with Crippen LogP contribution in [-0.2, 0) is 4.43 Å². The first-order valence-electron chi connectivity index (χ1n) is 10.2. The molecule has 1 unspecified atom stereocenters. The maximum atomic E-state index is 6.85. The summed E-state index contributed by atoms with van der Waals surface area (Å²) in [6.45, 7) is 9.78. The molecule has 3 saturated carbocycles. The van der Waals surface area contributed by atoms with Gasteiger partial charge >= 0.3 is 0 Å². The van der Waals surface area contributed by atoms with E-state index < -0.39 is 8.32 Å². The summed E-state index contributed by atoms with van der Waals surface area (Å²) in [5.41, 5.74) is 2.43. The molecule has 2 heteroatoms. The van der Waals surface area contributed by atoms with E-state index in [1.165, 1.54) is 57.8 Å². The van der Waals surface area contributed by atoms with Crippen LogP contribution >= 0.6 is 0 Å². The molecule has 0 spiro atoms. The average Bonchev–Trinajstić information content (AvgIpc) is 2.87. The zero-order valence-corrected chi connectivity index (χ0v) is 16.7. The fourth-order valence-corrected chi connectivity index (χ4v) is 8.00. The van der Waals surface area contributed by atoms with E-state index in [2.05, 4.69) is 32.6 Å². The highest BCUT2D eigenvalue weighted by molar-refractivity contribution is 6.69. The molecule has 130 valence electrons. The van der Waals surface area contributed by atoms with Gasteiger partial charge in [-0.15, -0.1) is 0 Å². The first-order chi connectivity index (χ1) is 10.9. The molecule has 0 aromatic heterocycles. The minimum atomic E-state index is -1.47. The summed E-state index contributed by atoms with van der Waals surface area (Å²) >= 11 is 0. The van der Waals surface area contributed by atoms with Crippen LogP contribution in [0.25, 0.3) is 0 Å². The van der Waals surface area contributed by atoms with Crippen LogP contribution in [0.15, 0.2) is 11.6 Å². The average molecular weight is 333 g/mol. The molecular weight excluding hydrogens is 296 g/mol. The van der Waals surface area contributed by atoms with Crippen LogP contribution in [0.5, 0.6) is 0 Å². The topological polar surface area (TPSA) is 9.23 Å². The van der Waals surface area contributed by atoms with Gasteiger partial charge in [0.15, 0.2) is 8.32 Å². The molecule has 0 saturated heterocycles. The second kappa shape index (κ2) is 5.73. The van der Waals surface area contributed by atoms with E-state index in [1.54, 1.807) is 5.57 Å². The number of hydrogen-bond donors (Lipinski definition) is 0. The van der Waals surface area contributed by atoms with Crippen LogP contribution < -0.4 is 0 Å². The molecule has 0 aliphatic heterocycles. The van der Waals surface area contributed by atoms with Crippen molar-refractivity contribution in [1.29, 1.82) is 0 Å². The first-order valence-corrected chi connectivity index (χ1v) is 13.6. The molecule has 0 aromatic carbocycles. The Morgan fingerprint density at radius 1 is 1.09 bits per heavy atom. The molecule has 1 nitrogen and oxygen atoms in total. The fourth-order valence-electron chi connectivity index (χ4n) is 6.85. The van der Waals surface area contributed by atoms with Gasteiger partial charge in [0, 0.05) is 0 Å². The lowest BCUT2D eigenvalue weighted by molar-refractivity contribution is -0.0670. The number of fused-ring (bicyclic) bond motifs is 5. The standard InChI is InChI=1S/C21H36OSi/c1-21-12-7-10-18(21)20-17(11-13-21)16-9-6-5-8-15(16)14-19(20)22-23(2,3)4/h8,16-20H,5-7,9-14H2,1-4H3/t16-,17+,18-,19?,20+,21-/m0/s1. The molecule has 4 aliphatic rings. The van der Waals surface area contributed by atoms with Gasteiger partial charge < -0.3 is 4.43 Å². The van der Waals surface area contributed by atoms with Crippen LogP contribution in [0.4, 0.5) is 0 Å². The maximum absolute atomic E-state index is 6.85. The Morgan fingerprint density at radius 2 is 1.91 bits per heavy atom. The van der Waals surface area contributed by atoms with Gasteiger partial charge in [0.1, 0.15) is 0 Å². The van der Waals surface area contributed by atoms with Crippen LogP contribution in [0.2, 0.25) is 19.6 Å². The lowest BCUT2D eigenvalue weighted by atomic mass is 9.51. The largest absolute Gasteiger partial charge is 0.414 e. The third-order valence-electron chi connectivity index (χ3n) is 7.66. The van der Waals surface area contributed by atoms with Crippen molar-refractivity contribution in [3.05, 3.63) is 11.6 Å². The fraction of sp³-hybridized carbons (Fsp3) is 0.905. The molecule has 0 radical (unpaired) electrons. The summed E-state index contributed by atoms with van der Waals surface area (Å²) in [4.78, 5) is 0. The Morgan fingerprint density at radius 3 is 2.70 bits per heavy atom. The molecule has 0 aromatic rings. The van der Waals surface area contributed by atoms with Gasteiger partial charge in [-0.25, -0.2) is 0 Å². The predicted octanol–water partition coefficient (Wildman–Crippen LogP) is 6.17. The zero-order valence-electron chi connectivity index (χ0n) is 15.7. The van der Waals surface area contributed by atoms with E-state index in [1.807, 2.05) is 0 Å². The molecule has 0 amide bonds. The number of hydrogen-bond acceptors (Lipinski definition) is 1. The smallest absolute Gasteiger partial charge is 0.184 e. The second-order valence-electron chi connectivity index (χ2n) is 10.2. The van der Waals surface area contributed by atoms with Gasteiger partial charge in [-0.1, -0.05) is 25.0 Å². The highest BCUT2D eigenvalue weighted by Gasteiger charge is 2.55. The highest BCUT2D eigenvalue weighted by atomic mass is 28.4. The Kier molecular flexibility index (Phi) is 4.08. The van der Waals surface area contributed by atoms with Crippen LogP contribution in [0, 0.1) is 29.1 Å². The normalized spacial score (nSPS) is 46.6. The molecule has 6 atom stereocenters. The molecule has 0 N–H and O–H groups in total. The molecule has 3 fully saturated rings. The van der Waals surface area contributed by atoms with Crippen molar-refractivity contribution in [2.75, 3.05) is 0 Å². The SMILES string of the molecule is C[C@@]12CCC[C@H]1[C@@H]1C(O[Si](C)(C)C)CC3=CCCC[C@@H]3[C@H]1CC2. The second-order valence-corrected chi connectivity index (χ2v) is 14.7. The number of allylic oxidation sites excluding steroid dienone is 1. The van der Waals surface area contributed by atoms with E-state index >= 15 is 0 Å². The van der Waals surface area contributed by atoms with E-state index in [-0.39, 0.29) is 0 Å². The van der Waals surface area contributed by atoms with Gasteiger partial charge in [-0.3, -0.25) is 0 Å². The lowest BCUT2D eigenvalue weighted by Gasteiger charge is -2.56. The first kappa shape index (κ1) is 16.4. The third kappa shape index (κ3) is 2.88. The van der Waals surface area contributed by atoms with Crippen molar-refractivity contribution in [3.63, 3.8) is 0 Å². The molecule has 0 bridgehead atoms. The van der Waals surface area contributed by atoms with Crippen molar-refractivity contribution in [2.45, 2.75) is 90.5 Å². The molecule has 4 rings (SSSR count). The summed E-state index contributed by atoms with van der Waals surface area (Å²) in [6.07, 6.45) is 16.0. The van der Waals surface area contributed by atoms with E-state index in [0.717, 1.165) is 23.7 Å². The van der Waals surface area contributed by atoms with Gasteiger partial charge in [0.05, 0.1) is 6.10 Å². The molecule has 4 aliphatic carbocycles. The summed E-state index contributed by atoms with van der Waals surface area (Å²) in [6, 6.07) is 0. The Bertz CT molecular complexity index is 491. The van der Waals surface area contributed by atoms with Crippen molar-refractivity contribution in [1.82, 2.24) is 0 Å². The minimum Gasteiger partial charge on any atom is -0.414 e. The van der Waals surface area contributed by atoms with Crippen LogP contribution in [-0.4, -0.2) is 14.4 Å². The van der Waals surface area contributed by atoms with Gasteiger partial charge in [-0.2, -0.15) is 0 Å². The summed E-state index contributed by atoms with van der Waals surface area (Å²) < 4.78 is 6.85. The third-order valence-corrected chi connectivity index (χ3v) is 8.67. The van der Waals surface area contributed by atoms with Gasteiger partial charge in [-0.05, 0) is 100 Å². The van der Waals surface area contributed by atoms with Crippen molar-refractivity contribution in [3.8, 4) is 0 Å². The Hall–Kier alpha value is -0.0831. The van der Waals surface area contributed by atoms with Crippen LogP contribution in [0.3, 0.4) is 0 Å². The Balaban J connectivity index is 1.68. The van der Waals surface area contributed by atoms with Gasteiger partial charge in [0.25, 0.3) is 0 Å². The molecule has 0 heterocycles. The summed E-state index contributed by atoms with van der Waals surface area (Å²) in [7, 11) is -1.47. The van der Waals surface area contributed by atoms with Crippen molar-refractivity contribution in [2.24, 2.45) is 29.1 Å². The van der Waals surface area contributed by atoms with E-state index in [4.69, 9.17) is 4.43 Å². The van der Waals surface area contributed by atoms with Crippen LogP contribution in [0.1, 0.15) is 64.7 Å². The molecular formula is C21H36OSi. The quantitative estimate of drug-likeness (QED) is 0.434. The summed E-state index contributed by atoms with van der Waals surface area (Å²) in [5, 5.41) is 0. The van der Waals surface area contributed by atoms with E-state index in [0.29, 0.717) is 11.5 Å². The minimum absolute atomic E-state index is 0.537. The monoisotopic (exact) mass is 332 g/mol. The van der Waals surface area contributed by atoms with E-state index in [9.17, 15) is 0 Å². The highest BCUT2D eigenvalue weighted by Crippen LogP contribution is 2.62. The van der Waals surface area contributed by atoms with Crippen molar-refractivity contribution >= 4 is 8.32 Å². The Labute approximate surface area is 144 Å². The lowest BCUT2D eigenvalue weighted by Crippen LogP contribution is -2.53. The predicted molar refractivity (Wildman–Crippen MR) is 99.9 cm³/mol. The summed E-state index contributed by atoms with van der Waals surface area (Å²) in [5.74, 6) is 3.67. The van der Waals surface area contributed by atoms with Gasteiger partial charge in [0.2, 0.25) is 0 Å². The maximum Gasteiger partial charge on any atom is 0.184 e.